The van der Waals surface area contributed by atoms with E-state index in [1.54, 1.807) is 0 Å². The highest BCUT2D eigenvalue weighted by molar-refractivity contribution is 6.30. The molecule has 1 aliphatic heterocycles. The zero-order valence-corrected chi connectivity index (χ0v) is 13.7. The van der Waals surface area contributed by atoms with Crippen LogP contribution in [0.25, 0.3) is 0 Å². The van der Waals surface area contributed by atoms with Gasteiger partial charge in [0, 0.05) is 37.1 Å². The van der Waals surface area contributed by atoms with Crippen molar-refractivity contribution in [1.29, 1.82) is 0 Å². The van der Waals surface area contributed by atoms with Crippen LogP contribution in [0.5, 0.6) is 0 Å². The predicted molar refractivity (Wildman–Crippen MR) is 86.0 cm³/mol. The van der Waals surface area contributed by atoms with Gasteiger partial charge in [0.25, 0.3) is 0 Å². The van der Waals surface area contributed by atoms with Crippen molar-refractivity contribution >= 4 is 11.6 Å². The van der Waals surface area contributed by atoms with Crippen molar-refractivity contribution < 1.29 is 4.52 Å². The second-order valence-corrected chi connectivity index (χ2v) is 6.31. The molecule has 1 aromatic heterocycles. The molecule has 2 aromatic rings. The van der Waals surface area contributed by atoms with Crippen LogP contribution in [-0.2, 0) is 6.42 Å². The van der Waals surface area contributed by atoms with E-state index in [0.29, 0.717) is 24.2 Å². The van der Waals surface area contributed by atoms with E-state index in [0.717, 1.165) is 30.2 Å². The Morgan fingerprint density at radius 1 is 1.41 bits per heavy atom. The lowest BCUT2D eigenvalue weighted by atomic mass is 10.1. The molecule has 1 aliphatic rings. The van der Waals surface area contributed by atoms with Crippen molar-refractivity contribution in [2.45, 2.75) is 32.4 Å². The molecule has 1 fully saturated rings. The molecule has 2 heterocycles. The van der Waals surface area contributed by atoms with Crippen LogP contribution in [0.15, 0.2) is 28.8 Å². The first-order chi connectivity index (χ1) is 10.6. The average molecular weight is 321 g/mol. The first kappa shape index (κ1) is 15.5. The van der Waals surface area contributed by atoms with Crippen LogP contribution in [0.1, 0.15) is 37.2 Å². The van der Waals surface area contributed by atoms with Crippen LogP contribution in [0.4, 0.5) is 0 Å². The van der Waals surface area contributed by atoms with Gasteiger partial charge >= 0.3 is 0 Å². The maximum atomic E-state index is 5.90. The predicted octanol–water partition coefficient (Wildman–Crippen LogP) is 2.67. The molecule has 0 radical (unpaired) electrons. The van der Waals surface area contributed by atoms with Gasteiger partial charge in [-0.25, -0.2) is 0 Å². The van der Waals surface area contributed by atoms with Gasteiger partial charge in [-0.15, -0.1) is 0 Å². The molecule has 3 rings (SSSR count). The molecule has 2 atom stereocenters. The molecule has 6 heteroatoms. The third kappa shape index (κ3) is 3.66. The summed E-state index contributed by atoms with van der Waals surface area (Å²) in [5.74, 6) is 1.41. The molecule has 0 spiro atoms. The van der Waals surface area contributed by atoms with E-state index in [1.807, 2.05) is 24.3 Å². The largest absolute Gasteiger partial charge is 0.338 e. The van der Waals surface area contributed by atoms with E-state index in [1.165, 1.54) is 0 Å². The van der Waals surface area contributed by atoms with Crippen LogP contribution in [0.3, 0.4) is 0 Å². The summed E-state index contributed by atoms with van der Waals surface area (Å²) in [6, 6.07) is 8.37. The monoisotopic (exact) mass is 320 g/mol. The van der Waals surface area contributed by atoms with Crippen LogP contribution in [0, 0.1) is 0 Å². The van der Waals surface area contributed by atoms with E-state index >= 15 is 0 Å². The third-order valence-corrected chi connectivity index (χ3v) is 4.32. The van der Waals surface area contributed by atoms with E-state index in [-0.39, 0.29) is 6.04 Å². The van der Waals surface area contributed by atoms with Crippen LogP contribution in [0.2, 0.25) is 5.02 Å². The van der Waals surface area contributed by atoms with Gasteiger partial charge in [-0.2, -0.15) is 4.98 Å². The minimum atomic E-state index is 0.149. The summed E-state index contributed by atoms with van der Waals surface area (Å²) < 4.78 is 5.46. The SMILES string of the molecule is CC1CN(C(C)c2nc(Cc3ccc(Cl)cc3)no2)CCN1. The molecule has 1 saturated heterocycles. The number of rotatable bonds is 4. The molecule has 0 amide bonds. The standard InChI is InChI=1S/C16H21ClN4O/c1-11-10-21(8-7-18-11)12(2)16-19-15(20-22-16)9-13-3-5-14(17)6-4-13/h3-6,11-12,18H,7-10H2,1-2H3. The molecule has 1 N–H and O–H groups in total. The molecule has 1 aromatic carbocycles. The summed E-state index contributed by atoms with van der Waals surface area (Å²) in [5, 5.41) is 8.28. The lowest BCUT2D eigenvalue weighted by molar-refractivity contribution is 0.133. The zero-order chi connectivity index (χ0) is 15.5. The Bertz CT molecular complexity index is 613. The Balaban J connectivity index is 1.66. The fourth-order valence-corrected chi connectivity index (χ4v) is 2.89. The highest BCUT2D eigenvalue weighted by Crippen LogP contribution is 2.20. The second kappa shape index (κ2) is 6.77. The fraction of sp³-hybridized carbons (Fsp3) is 0.500. The Morgan fingerprint density at radius 3 is 2.91 bits per heavy atom. The molecule has 0 saturated carbocycles. The molecule has 22 heavy (non-hydrogen) atoms. The highest BCUT2D eigenvalue weighted by atomic mass is 35.5. The number of aromatic nitrogens is 2. The van der Waals surface area contributed by atoms with Crippen molar-refractivity contribution in [3.05, 3.63) is 46.6 Å². The third-order valence-electron chi connectivity index (χ3n) is 4.06. The molecule has 5 nitrogen and oxygen atoms in total. The number of nitrogens with one attached hydrogen (secondary N) is 1. The lowest BCUT2D eigenvalue weighted by Gasteiger charge is -2.34. The van der Waals surface area contributed by atoms with Gasteiger partial charge in [0.15, 0.2) is 5.82 Å². The van der Waals surface area contributed by atoms with Crippen molar-refractivity contribution in [1.82, 2.24) is 20.4 Å². The van der Waals surface area contributed by atoms with E-state index < -0.39 is 0 Å². The van der Waals surface area contributed by atoms with Crippen LogP contribution >= 0.6 is 11.6 Å². The normalized spacial score (nSPS) is 21.0. The summed E-state index contributed by atoms with van der Waals surface area (Å²) in [5.41, 5.74) is 1.13. The summed E-state index contributed by atoms with van der Waals surface area (Å²) in [7, 11) is 0. The minimum absolute atomic E-state index is 0.149. The minimum Gasteiger partial charge on any atom is -0.338 e. The van der Waals surface area contributed by atoms with Gasteiger partial charge in [-0.1, -0.05) is 28.9 Å². The fourth-order valence-electron chi connectivity index (χ4n) is 2.76. The summed E-state index contributed by atoms with van der Waals surface area (Å²) in [6.45, 7) is 7.31. The lowest BCUT2D eigenvalue weighted by Crippen LogP contribution is -2.49. The molecule has 0 aliphatic carbocycles. The average Bonchev–Trinajstić information content (AvgIpc) is 2.97. The van der Waals surface area contributed by atoms with E-state index in [4.69, 9.17) is 16.1 Å². The van der Waals surface area contributed by atoms with Crippen molar-refractivity contribution in [2.24, 2.45) is 0 Å². The van der Waals surface area contributed by atoms with Crippen molar-refractivity contribution in [3.63, 3.8) is 0 Å². The van der Waals surface area contributed by atoms with Crippen molar-refractivity contribution in [2.75, 3.05) is 19.6 Å². The van der Waals surface area contributed by atoms with Crippen LogP contribution < -0.4 is 5.32 Å². The number of nitrogens with zero attached hydrogens (tertiary/aromatic N) is 3. The smallest absolute Gasteiger partial charge is 0.243 e. The Morgan fingerprint density at radius 2 is 2.18 bits per heavy atom. The van der Waals surface area contributed by atoms with Gasteiger partial charge in [-0.3, -0.25) is 4.90 Å². The molecule has 2 unspecified atom stereocenters. The second-order valence-electron chi connectivity index (χ2n) is 5.88. The molecule has 0 bridgehead atoms. The summed E-state index contributed by atoms with van der Waals surface area (Å²) in [6.07, 6.45) is 0.658. The summed E-state index contributed by atoms with van der Waals surface area (Å²) >= 11 is 5.90. The molecular formula is C16H21ClN4O. The van der Waals surface area contributed by atoms with Gasteiger partial charge < -0.3 is 9.84 Å². The first-order valence-corrected chi connectivity index (χ1v) is 8.04. The number of hydrogen-bond acceptors (Lipinski definition) is 5. The van der Waals surface area contributed by atoms with Gasteiger partial charge in [0.1, 0.15) is 0 Å². The number of piperazine rings is 1. The van der Waals surface area contributed by atoms with E-state index in [2.05, 4.69) is 34.2 Å². The summed E-state index contributed by atoms with van der Waals surface area (Å²) in [4.78, 5) is 6.93. The van der Waals surface area contributed by atoms with Gasteiger partial charge in [0.2, 0.25) is 5.89 Å². The van der Waals surface area contributed by atoms with Gasteiger partial charge in [0.05, 0.1) is 6.04 Å². The topological polar surface area (TPSA) is 54.2 Å². The molecular weight excluding hydrogens is 300 g/mol. The highest BCUT2D eigenvalue weighted by Gasteiger charge is 2.25. The molecule has 118 valence electrons. The Kier molecular flexibility index (Phi) is 4.76. The zero-order valence-electron chi connectivity index (χ0n) is 12.9. The number of halogens is 1. The number of hydrogen-bond donors (Lipinski definition) is 1. The maximum Gasteiger partial charge on any atom is 0.243 e. The Labute approximate surface area is 135 Å². The quantitative estimate of drug-likeness (QED) is 0.938. The van der Waals surface area contributed by atoms with E-state index in [9.17, 15) is 0 Å². The first-order valence-electron chi connectivity index (χ1n) is 7.66. The van der Waals surface area contributed by atoms with Gasteiger partial charge in [-0.05, 0) is 31.5 Å². The number of benzene rings is 1. The maximum absolute atomic E-state index is 5.90. The van der Waals surface area contributed by atoms with Crippen LogP contribution in [-0.4, -0.2) is 40.7 Å². The Hall–Kier alpha value is -1.43. The van der Waals surface area contributed by atoms with Crippen molar-refractivity contribution in [3.8, 4) is 0 Å².